The van der Waals surface area contributed by atoms with Crippen LogP contribution in [0.25, 0.3) is 0 Å². The van der Waals surface area contributed by atoms with Crippen LogP contribution in [0.5, 0.6) is 0 Å². The van der Waals surface area contributed by atoms with E-state index in [1.54, 1.807) is 0 Å². The molecule has 0 heterocycles. The lowest BCUT2D eigenvalue weighted by molar-refractivity contribution is 1.05. The molecule has 1 aliphatic carbocycles. The minimum atomic E-state index is 0.968. The second kappa shape index (κ2) is 5.36. The van der Waals surface area contributed by atoms with Crippen LogP contribution in [-0.2, 0) is 0 Å². The third kappa shape index (κ3) is 3.29. The maximum atomic E-state index is 3.72. The van der Waals surface area contributed by atoms with Gasteiger partial charge in [0.15, 0.2) is 0 Å². The lowest BCUT2D eigenvalue weighted by atomic mass is 10.2. The fourth-order valence-electron chi connectivity index (χ4n) is 1.30. The summed E-state index contributed by atoms with van der Waals surface area (Å²) in [5.74, 6) is 0. The van der Waals surface area contributed by atoms with Crippen molar-refractivity contribution in [3.63, 3.8) is 0 Å². The van der Waals surface area contributed by atoms with Gasteiger partial charge in [-0.3, -0.25) is 0 Å². The molecule has 0 aromatic heterocycles. The van der Waals surface area contributed by atoms with Crippen molar-refractivity contribution in [1.82, 2.24) is 0 Å². The van der Waals surface area contributed by atoms with Gasteiger partial charge in [-0.15, -0.1) is 13.2 Å². The van der Waals surface area contributed by atoms with Crippen molar-refractivity contribution in [3.05, 3.63) is 60.8 Å². The van der Waals surface area contributed by atoms with E-state index in [4.69, 9.17) is 0 Å². The topological polar surface area (TPSA) is 0 Å². The van der Waals surface area contributed by atoms with E-state index < -0.39 is 0 Å². The van der Waals surface area contributed by atoms with Crippen LogP contribution in [0.2, 0.25) is 0 Å². The summed E-state index contributed by atoms with van der Waals surface area (Å²) >= 11 is 0. The molecule has 0 atom stereocenters. The van der Waals surface area contributed by atoms with Crippen molar-refractivity contribution in [3.8, 4) is 0 Å². The maximum Gasteiger partial charge on any atom is -0.00999 e. The molecule has 68 valence electrons. The Morgan fingerprint density at radius 3 is 2.62 bits per heavy atom. The van der Waals surface area contributed by atoms with Gasteiger partial charge in [-0.2, -0.15) is 0 Å². The Labute approximate surface area is 80.7 Å². The zero-order valence-electron chi connectivity index (χ0n) is 8.00. The van der Waals surface area contributed by atoms with E-state index in [0.29, 0.717) is 0 Å². The molecule has 0 aromatic rings. The molecule has 0 aliphatic heterocycles. The molecular weight excluding hydrogens is 156 g/mol. The lowest BCUT2D eigenvalue weighted by Gasteiger charge is -1.90. The van der Waals surface area contributed by atoms with Gasteiger partial charge in [0, 0.05) is 0 Å². The van der Waals surface area contributed by atoms with E-state index in [1.807, 2.05) is 12.2 Å². The maximum absolute atomic E-state index is 3.72. The van der Waals surface area contributed by atoms with Crippen molar-refractivity contribution < 1.29 is 0 Å². The van der Waals surface area contributed by atoms with Gasteiger partial charge in [0.1, 0.15) is 0 Å². The Bertz CT molecular complexity index is 274. The third-order valence-electron chi connectivity index (χ3n) is 1.97. The molecule has 0 saturated heterocycles. The largest absolute Gasteiger partial charge is 0.103 e. The number of hydrogen-bond acceptors (Lipinski definition) is 0. The van der Waals surface area contributed by atoms with Crippen molar-refractivity contribution in [2.45, 2.75) is 19.3 Å². The summed E-state index contributed by atoms with van der Waals surface area (Å²) in [6, 6.07) is 0. The lowest BCUT2D eigenvalue weighted by Crippen LogP contribution is -1.71. The molecule has 0 heteroatoms. The SMILES string of the molecule is C=CCC/C=C1/C=CC(CC=C)=C1. The van der Waals surface area contributed by atoms with Gasteiger partial charge in [-0.05, 0) is 30.4 Å². The predicted octanol–water partition coefficient (Wildman–Crippen LogP) is 3.95. The van der Waals surface area contributed by atoms with Crippen LogP contribution < -0.4 is 0 Å². The summed E-state index contributed by atoms with van der Waals surface area (Å²) in [7, 11) is 0. The van der Waals surface area contributed by atoms with Crippen LogP contribution in [0, 0.1) is 0 Å². The molecule has 13 heavy (non-hydrogen) atoms. The van der Waals surface area contributed by atoms with E-state index in [9.17, 15) is 0 Å². The van der Waals surface area contributed by atoms with E-state index in [2.05, 4.69) is 37.5 Å². The Balaban J connectivity index is 2.47. The summed E-state index contributed by atoms with van der Waals surface area (Å²) in [5, 5.41) is 0. The zero-order chi connectivity index (χ0) is 9.52. The zero-order valence-corrected chi connectivity index (χ0v) is 8.00. The van der Waals surface area contributed by atoms with Gasteiger partial charge in [0.2, 0.25) is 0 Å². The van der Waals surface area contributed by atoms with Crippen LogP contribution in [0.15, 0.2) is 60.8 Å². The summed E-state index contributed by atoms with van der Waals surface area (Å²) in [6.07, 6.45) is 15.8. The Hall–Kier alpha value is -1.30. The molecule has 0 fully saturated rings. The summed E-state index contributed by atoms with van der Waals surface area (Å²) < 4.78 is 0. The molecule has 0 amide bonds. The highest BCUT2D eigenvalue weighted by Gasteiger charge is 1.98. The van der Waals surface area contributed by atoms with Crippen molar-refractivity contribution >= 4 is 0 Å². The van der Waals surface area contributed by atoms with E-state index >= 15 is 0 Å². The Morgan fingerprint density at radius 1 is 1.08 bits per heavy atom. The molecule has 1 rings (SSSR count). The second-order valence-corrected chi connectivity index (χ2v) is 3.12. The quantitative estimate of drug-likeness (QED) is 0.435. The first-order chi connectivity index (χ1) is 6.36. The second-order valence-electron chi connectivity index (χ2n) is 3.12. The van der Waals surface area contributed by atoms with E-state index in [-0.39, 0.29) is 0 Å². The van der Waals surface area contributed by atoms with Gasteiger partial charge >= 0.3 is 0 Å². The molecule has 0 unspecified atom stereocenters. The molecule has 0 spiro atoms. The smallest absolute Gasteiger partial charge is 0.00999 e. The Kier molecular flexibility index (Phi) is 4.04. The standard InChI is InChI=1S/C13H16/c1-3-5-6-8-13-10-9-12(11-13)7-4-2/h3-4,8-11H,1-2,5-7H2/b13-8-. The highest BCUT2D eigenvalue weighted by atomic mass is 14.0. The molecule has 0 aromatic carbocycles. The van der Waals surface area contributed by atoms with Crippen LogP contribution in [-0.4, -0.2) is 0 Å². The minimum Gasteiger partial charge on any atom is -0.103 e. The molecule has 0 bridgehead atoms. The monoisotopic (exact) mass is 172 g/mol. The average molecular weight is 172 g/mol. The summed E-state index contributed by atoms with van der Waals surface area (Å²) in [6.45, 7) is 7.41. The molecule has 0 saturated carbocycles. The van der Waals surface area contributed by atoms with Crippen LogP contribution >= 0.6 is 0 Å². The van der Waals surface area contributed by atoms with E-state index in [1.165, 1.54) is 11.1 Å². The third-order valence-corrected chi connectivity index (χ3v) is 1.97. The molecule has 0 nitrogen and oxygen atoms in total. The van der Waals surface area contributed by atoms with Crippen LogP contribution in [0.1, 0.15) is 19.3 Å². The van der Waals surface area contributed by atoms with Crippen molar-refractivity contribution in [2.75, 3.05) is 0 Å². The number of unbranched alkanes of at least 4 members (excludes halogenated alkanes) is 1. The molecule has 0 radical (unpaired) electrons. The van der Waals surface area contributed by atoms with Gasteiger partial charge in [-0.1, -0.05) is 36.5 Å². The van der Waals surface area contributed by atoms with Gasteiger partial charge in [0.25, 0.3) is 0 Å². The fraction of sp³-hybridized carbons (Fsp3) is 0.231. The number of rotatable bonds is 5. The van der Waals surface area contributed by atoms with Crippen molar-refractivity contribution in [1.29, 1.82) is 0 Å². The highest BCUT2D eigenvalue weighted by molar-refractivity contribution is 5.46. The van der Waals surface area contributed by atoms with Gasteiger partial charge in [0.05, 0.1) is 0 Å². The van der Waals surface area contributed by atoms with Crippen LogP contribution in [0.3, 0.4) is 0 Å². The Morgan fingerprint density at radius 2 is 1.92 bits per heavy atom. The molecule has 1 aliphatic rings. The first kappa shape index (κ1) is 9.79. The van der Waals surface area contributed by atoms with Gasteiger partial charge in [-0.25, -0.2) is 0 Å². The summed E-state index contributed by atoms with van der Waals surface area (Å²) in [5.41, 5.74) is 2.67. The van der Waals surface area contributed by atoms with Gasteiger partial charge < -0.3 is 0 Å². The average Bonchev–Trinajstić information content (AvgIpc) is 2.54. The summed E-state index contributed by atoms with van der Waals surface area (Å²) in [4.78, 5) is 0. The molecule has 0 N–H and O–H groups in total. The minimum absolute atomic E-state index is 0.968. The molecular formula is C13H16. The van der Waals surface area contributed by atoms with Crippen LogP contribution in [0.4, 0.5) is 0 Å². The number of hydrogen-bond donors (Lipinski definition) is 0. The van der Waals surface area contributed by atoms with Crippen molar-refractivity contribution in [2.24, 2.45) is 0 Å². The fourth-order valence-corrected chi connectivity index (χ4v) is 1.30. The number of allylic oxidation sites excluding steroid dienone is 8. The normalized spacial score (nSPS) is 17.5. The predicted molar refractivity (Wildman–Crippen MR) is 59.6 cm³/mol. The first-order valence-electron chi connectivity index (χ1n) is 4.67. The van der Waals surface area contributed by atoms with E-state index in [0.717, 1.165) is 19.3 Å². The first-order valence-corrected chi connectivity index (χ1v) is 4.67. The highest BCUT2D eigenvalue weighted by Crippen LogP contribution is 2.18.